The minimum atomic E-state index is -3.74. The number of aromatic nitrogens is 1. The molecule has 0 aliphatic carbocycles. The van der Waals surface area contributed by atoms with Gasteiger partial charge >= 0.3 is 0 Å². The second-order valence-corrected chi connectivity index (χ2v) is 9.51. The van der Waals surface area contributed by atoms with Crippen molar-refractivity contribution in [3.8, 4) is 0 Å². The van der Waals surface area contributed by atoms with Gasteiger partial charge in [-0.2, -0.15) is 0 Å². The predicted octanol–water partition coefficient (Wildman–Crippen LogP) is 3.28. The van der Waals surface area contributed by atoms with E-state index in [1.165, 1.54) is 18.3 Å². The Morgan fingerprint density at radius 1 is 1.00 bits per heavy atom. The summed E-state index contributed by atoms with van der Waals surface area (Å²) in [4.78, 5) is 7.06. The van der Waals surface area contributed by atoms with E-state index in [-0.39, 0.29) is 22.2 Å². The normalized spacial score (nSPS) is 21.2. The molecule has 2 aromatic carbocycles. The first-order valence-electron chi connectivity index (χ1n) is 9.37. The fourth-order valence-electron chi connectivity index (χ4n) is 4.33. The van der Waals surface area contributed by atoms with E-state index in [0.717, 1.165) is 54.9 Å². The molecule has 2 unspecified atom stereocenters. The molecule has 3 aromatic rings. The third kappa shape index (κ3) is 3.47. The van der Waals surface area contributed by atoms with Gasteiger partial charge < -0.3 is 10.2 Å². The number of benzene rings is 2. The molecular weight excluding hydrogens is 413 g/mol. The highest BCUT2D eigenvalue weighted by Gasteiger charge is 2.36. The van der Waals surface area contributed by atoms with Crippen molar-refractivity contribution >= 4 is 38.8 Å². The van der Waals surface area contributed by atoms with Crippen molar-refractivity contribution in [1.82, 2.24) is 10.3 Å². The Morgan fingerprint density at radius 2 is 1.69 bits per heavy atom. The summed E-state index contributed by atoms with van der Waals surface area (Å²) < 4.78 is 38.9. The Morgan fingerprint density at radius 3 is 2.38 bits per heavy atom. The number of halogens is 2. The summed E-state index contributed by atoms with van der Waals surface area (Å²) in [5.74, 6) is 0.854. The van der Waals surface area contributed by atoms with Crippen molar-refractivity contribution in [2.75, 3.05) is 31.1 Å². The van der Waals surface area contributed by atoms with Gasteiger partial charge in [-0.25, -0.2) is 12.8 Å². The molecule has 29 heavy (non-hydrogen) atoms. The molecular formula is C21H21ClFN3O2S. The monoisotopic (exact) mass is 433 g/mol. The maximum atomic E-state index is 13.1. The second-order valence-electron chi connectivity index (χ2n) is 7.56. The number of nitrogens with zero attached hydrogens (tertiary/aromatic N) is 2. The molecule has 5 rings (SSSR count). The largest absolute Gasteiger partial charge is 0.369 e. The Labute approximate surface area is 175 Å². The molecule has 8 heteroatoms. The van der Waals surface area contributed by atoms with Crippen LogP contribution in [0.1, 0.15) is 0 Å². The highest BCUT2D eigenvalue weighted by molar-refractivity contribution is 7.91. The Hall–Kier alpha value is -2.22. The topological polar surface area (TPSA) is 62.3 Å². The van der Waals surface area contributed by atoms with Gasteiger partial charge in [-0.15, -0.1) is 12.4 Å². The number of rotatable bonds is 3. The number of sulfone groups is 1. The zero-order valence-corrected chi connectivity index (χ0v) is 17.2. The zero-order valence-electron chi connectivity index (χ0n) is 15.6. The van der Waals surface area contributed by atoms with Gasteiger partial charge in [-0.1, -0.05) is 12.1 Å². The quantitative estimate of drug-likeness (QED) is 0.642. The molecule has 2 aliphatic rings. The van der Waals surface area contributed by atoms with Gasteiger partial charge in [0.25, 0.3) is 0 Å². The molecule has 152 valence electrons. The third-order valence-corrected chi connectivity index (χ3v) is 7.57. The number of pyridine rings is 1. The highest BCUT2D eigenvalue weighted by Crippen LogP contribution is 2.34. The van der Waals surface area contributed by atoms with E-state index in [1.807, 2.05) is 12.1 Å². The summed E-state index contributed by atoms with van der Waals surface area (Å²) in [6.07, 6.45) is 1.41. The number of hydrogen-bond donors (Lipinski definition) is 1. The molecule has 0 amide bonds. The first-order valence-corrected chi connectivity index (χ1v) is 10.9. The molecule has 3 heterocycles. The van der Waals surface area contributed by atoms with Crippen LogP contribution < -0.4 is 10.2 Å². The van der Waals surface area contributed by atoms with Crippen LogP contribution in [0.4, 0.5) is 10.1 Å². The minimum absolute atomic E-state index is 0. The highest BCUT2D eigenvalue weighted by atomic mass is 35.5. The molecule has 1 N–H and O–H groups in total. The van der Waals surface area contributed by atoms with Crippen molar-refractivity contribution in [2.24, 2.45) is 11.8 Å². The summed E-state index contributed by atoms with van der Waals surface area (Å²) in [6, 6.07) is 12.4. The lowest BCUT2D eigenvalue weighted by atomic mass is 10.0. The van der Waals surface area contributed by atoms with Gasteiger partial charge in [0, 0.05) is 37.8 Å². The van der Waals surface area contributed by atoms with Crippen LogP contribution in [0.5, 0.6) is 0 Å². The van der Waals surface area contributed by atoms with Gasteiger partial charge in [0.2, 0.25) is 9.84 Å². The Kier molecular flexibility index (Phi) is 5.23. The lowest BCUT2D eigenvalue weighted by Crippen LogP contribution is -2.25. The summed E-state index contributed by atoms with van der Waals surface area (Å²) in [5.41, 5.74) is 1.87. The average Bonchev–Trinajstić information content (AvgIpc) is 3.29. The van der Waals surface area contributed by atoms with Gasteiger partial charge in [0.05, 0.1) is 21.0 Å². The van der Waals surface area contributed by atoms with Gasteiger partial charge in [0.15, 0.2) is 0 Å². The molecule has 0 saturated carbocycles. The van der Waals surface area contributed by atoms with Crippen LogP contribution in [0.2, 0.25) is 0 Å². The zero-order chi connectivity index (χ0) is 19.3. The lowest BCUT2D eigenvalue weighted by molar-refractivity contribution is 0.533. The summed E-state index contributed by atoms with van der Waals surface area (Å²) >= 11 is 0. The van der Waals surface area contributed by atoms with Crippen LogP contribution in [0, 0.1) is 17.7 Å². The van der Waals surface area contributed by atoms with Crippen LogP contribution in [0.3, 0.4) is 0 Å². The fourth-order valence-corrected chi connectivity index (χ4v) is 5.57. The van der Waals surface area contributed by atoms with Crippen LogP contribution >= 0.6 is 12.4 Å². The maximum absolute atomic E-state index is 13.1. The van der Waals surface area contributed by atoms with Gasteiger partial charge in [0.1, 0.15) is 5.82 Å². The van der Waals surface area contributed by atoms with Crippen molar-refractivity contribution in [2.45, 2.75) is 9.79 Å². The SMILES string of the molecule is Cl.O=S(=O)(c1ccc(F)cc1)c1cnc2c(N3CC4CNCC4C3)cccc2c1. The van der Waals surface area contributed by atoms with E-state index in [2.05, 4.69) is 21.3 Å². The van der Waals surface area contributed by atoms with E-state index < -0.39 is 15.7 Å². The molecule has 0 bridgehead atoms. The number of fused-ring (bicyclic) bond motifs is 2. The van der Waals surface area contributed by atoms with E-state index >= 15 is 0 Å². The molecule has 2 fully saturated rings. The Bertz CT molecular complexity index is 1140. The average molecular weight is 434 g/mol. The lowest BCUT2D eigenvalue weighted by Gasteiger charge is -2.21. The number of anilines is 1. The van der Waals surface area contributed by atoms with E-state index in [1.54, 1.807) is 6.07 Å². The van der Waals surface area contributed by atoms with Gasteiger partial charge in [-0.05, 0) is 48.2 Å². The van der Waals surface area contributed by atoms with Gasteiger partial charge in [-0.3, -0.25) is 4.98 Å². The molecule has 1 aromatic heterocycles. The summed E-state index contributed by atoms with van der Waals surface area (Å²) in [7, 11) is -3.74. The fraction of sp³-hybridized carbons (Fsp3) is 0.286. The standard InChI is InChI=1S/C21H20FN3O2S.ClH/c22-17-4-6-18(7-5-17)28(26,27)19-8-14-2-1-3-20(21(14)24-11-19)25-12-15-9-23-10-16(15)13-25;/h1-8,11,15-16,23H,9-10,12-13H2;1H. The summed E-state index contributed by atoms with van der Waals surface area (Å²) in [6.45, 7) is 4.10. The number of nitrogens with one attached hydrogen (secondary N) is 1. The van der Waals surface area contributed by atoms with Crippen LogP contribution in [0.15, 0.2) is 64.5 Å². The number of hydrogen-bond acceptors (Lipinski definition) is 5. The predicted molar refractivity (Wildman–Crippen MR) is 113 cm³/mol. The molecule has 5 nitrogen and oxygen atoms in total. The second kappa shape index (κ2) is 7.55. The van der Waals surface area contributed by atoms with Crippen LogP contribution in [-0.4, -0.2) is 39.6 Å². The first kappa shape index (κ1) is 20.1. The van der Waals surface area contributed by atoms with Crippen LogP contribution in [0.25, 0.3) is 10.9 Å². The van der Waals surface area contributed by atoms with Crippen molar-refractivity contribution in [3.05, 3.63) is 60.5 Å². The first-order chi connectivity index (χ1) is 13.5. The van der Waals surface area contributed by atoms with E-state index in [9.17, 15) is 12.8 Å². The number of para-hydroxylation sites is 1. The van der Waals surface area contributed by atoms with E-state index in [0.29, 0.717) is 11.8 Å². The van der Waals surface area contributed by atoms with E-state index in [4.69, 9.17) is 0 Å². The molecule has 2 aliphatic heterocycles. The van der Waals surface area contributed by atoms with Crippen molar-refractivity contribution in [1.29, 1.82) is 0 Å². The molecule has 0 spiro atoms. The van der Waals surface area contributed by atoms with Crippen molar-refractivity contribution < 1.29 is 12.8 Å². The minimum Gasteiger partial charge on any atom is -0.369 e. The van der Waals surface area contributed by atoms with Crippen LogP contribution in [-0.2, 0) is 9.84 Å². The molecule has 2 saturated heterocycles. The third-order valence-electron chi connectivity index (χ3n) is 5.83. The molecule has 0 radical (unpaired) electrons. The Balaban J connectivity index is 0.00000205. The smallest absolute Gasteiger partial charge is 0.208 e. The molecule has 2 atom stereocenters. The summed E-state index contributed by atoms with van der Waals surface area (Å²) in [5, 5.41) is 4.23. The maximum Gasteiger partial charge on any atom is 0.208 e. The van der Waals surface area contributed by atoms with Crippen molar-refractivity contribution in [3.63, 3.8) is 0 Å².